The second-order valence-corrected chi connectivity index (χ2v) is 11.7. The predicted octanol–water partition coefficient (Wildman–Crippen LogP) is 6.86. The minimum Gasteiger partial charge on any atom is -0.325 e. The van der Waals surface area contributed by atoms with Crippen molar-refractivity contribution in [1.29, 1.82) is 0 Å². The van der Waals surface area contributed by atoms with Gasteiger partial charge in [0.25, 0.3) is 0 Å². The third-order valence-corrected chi connectivity index (χ3v) is 8.77. The van der Waals surface area contributed by atoms with Crippen molar-refractivity contribution < 1.29 is 17.8 Å². The molecule has 0 radical (unpaired) electrons. The van der Waals surface area contributed by atoms with E-state index in [4.69, 9.17) is 11.6 Å². The molecule has 6 nitrogen and oxygen atoms in total. The number of carbonyl (C=O) groups excluding carboxylic acids is 1. The van der Waals surface area contributed by atoms with Crippen LogP contribution in [0.25, 0.3) is 10.4 Å². The van der Waals surface area contributed by atoms with Crippen LogP contribution in [0.4, 0.5) is 14.5 Å². The zero-order chi connectivity index (χ0) is 26.4. The van der Waals surface area contributed by atoms with Crippen molar-refractivity contribution in [1.82, 2.24) is 14.0 Å². The lowest BCUT2D eigenvalue weighted by atomic mass is 10.1. The average molecular weight is 620 g/mol. The first-order chi connectivity index (χ1) is 17.1. The van der Waals surface area contributed by atoms with Gasteiger partial charge in [-0.05, 0) is 58.2 Å². The quantitative estimate of drug-likeness (QED) is 0.328. The lowest BCUT2D eigenvalue weighted by Gasteiger charge is -2.34. The molecule has 0 bridgehead atoms. The van der Waals surface area contributed by atoms with Crippen molar-refractivity contribution in [3.63, 3.8) is 0 Å². The number of hydrogen-bond acceptors (Lipinski definition) is 4. The fraction of sp³-hybridized carbons (Fsp3) is 0.333. The van der Waals surface area contributed by atoms with E-state index >= 15 is 0 Å². The summed E-state index contributed by atoms with van der Waals surface area (Å²) in [4.78, 5) is 18.0. The van der Waals surface area contributed by atoms with E-state index in [1.54, 1.807) is 25.4 Å². The highest BCUT2D eigenvalue weighted by molar-refractivity contribution is 9.10. The van der Waals surface area contributed by atoms with Crippen LogP contribution in [-0.4, -0.2) is 32.5 Å². The SMILES string of the molecule is CCCC.CN1C(C(=O)Nc2ccc(F)c(Cl)c2)CC(c2ncc(-c3ccc(Br)c(F)c3)s2)NS1=O. The van der Waals surface area contributed by atoms with Crippen molar-refractivity contribution in [2.45, 2.75) is 45.2 Å². The van der Waals surface area contributed by atoms with E-state index in [0.717, 1.165) is 10.9 Å². The molecular formula is C24H26BrClF2N4O2S2. The summed E-state index contributed by atoms with van der Waals surface area (Å²) in [7, 11) is 1.57. The summed E-state index contributed by atoms with van der Waals surface area (Å²) in [6, 6.07) is 7.50. The van der Waals surface area contributed by atoms with Gasteiger partial charge in [0.1, 0.15) is 22.7 Å². The van der Waals surface area contributed by atoms with Gasteiger partial charge in [-0.2, -0.15) is 0 Å². The van der Waals surface area contributed by atoms with Crippen LogP contribution in [0.5, 0.6) is 0 Å². The number of thiazole rings is 1. The lowest BCUT2D eigenvalue weighted by Crippen LogP contribution is -2.53. The number of carbonyl (C=O) groups is 1. The number of rotatable bonds is 5. The van der Waals surface area contributed by atoms with Crippen molar-refractivity contribution in [2.75, 3.05) is 12.4 Å². The third kappa shape index (κ3) is 7.17. The Hall–Kier alpha value is -1.76. The molecule has 3 aromatic rings. The maximum absolute atomic E-state index is 13.9. The molecule has 36 heavy (non-hydrogen) atoms. The highest BCUT2D eigenvalue weighted by atomic mass is 79.9. The van der Waals surface area contributed by atoms with Gasteiger partial charge in [0.2, 0.25) is 5.91 Å². The summed E-state index contributed by atoms with van der Waals surface area (Å²) in [5.74, 6) is -1.37. The van der Waals surface area contributed by atoms with Gasteiger partial charge >= 0.3 is 0 Å². The van der Waals surface area contributed by atoms with E-state index in [2.05, 4.69) is 44.8 Å². The van der Waals surface area contributed by atoms with E-state index in [1.165, 1.54) is 46.7 Å². The number of benzene rings is 2. The Morgan fingerprint density at radius 2 is 1.97 bits per heavy atom. The number of amides is 1. The molecule has 1 amide bonds. The minimum absolute atomic E-state index is 0.109. The molecule has 4 rings (SSSR count). The lowest BCUT2D eigenvalue weighted by molar-refractivity contribution is -0.120. The van der Waals surface area contributed by atoms with Crippen LogP contribution in [0.3, 0.4) is 0 Å². The number of halogens is 4. The summed E-state index contributed by atoms with van der Waals surface area (Å²) in [6.07, 6.45) is 4.56. The first-order valence-electron chi connectivity index (χ1n) is 11.2. The zero-order valence-corrected chi connectivity index (χ0v) is 23.8. The molecule has 1 fully saturated rings. The van der Waals surface area contributed by atoms with Crippen molar-refractivity contribution in [3.8, 4) is 10.4 Å². The van der Waals surface area contributed by atoms with Gasteiger partial charge in [0.15, 0.2) is 11.2 Å². The van der Waals surface area contributed by atoms with E-state index in [0.29, 0.717) is 27.2 Å². The zero-order valence-electron chi connectivity index (χ0n) is 19.9. The molecule has 2 aromatic carbocycles. The smallest absolute Gasteiger partial charge is 0.242 e. The molecule has 3 atom stereocenters. The Kier molecular flexibility index (Phi) is 10.5. The normalized spacial score (nSPS) is 19.9. The number of nitrogens with zero attached hydrogens (tertiary/aromatic N) is 2. The first-order valence-corrected chi connectivity index (χ1v) is 14.3. The van der Waals surface area contributed by atoms with E-state index in [9.17, 15) is 17.8 Å². The number of unbranched alkanes of at least 4 members (excludes halogenated alkanes) is 1. The number of hydrogen-bond donors (Lipinski definition) is 2. The highest BCUT2D eigenvalue weighted by Crippen LogP contribution is 2.35. The van der Waals surface area contributed by atoms with Gasteiger partial charge < -0.3 is 5.32 Å². The van der Waals surface area contributed by atoms with Gasteiger partial charge in [-0.3, -0.25) is 4.79 Å². The number of likely N-dealkylation sites (N-methyl/N-ethyl adjacent to an activating group) is 1. The van der Waals surface area contributed by atoms with Crippen LogP contribution in [0.2, 0.25) is 5.02 Å². The summed E-state index contributed by atoms with van der Waals surface area (Å²) in [6.45, 7) is 4.36. The van der Waals surface area contributed by atoms with Gasteiger partial charge in [-0.15, -0.1) is 11.3 Å². The average Bonchev–Trinajstić information content (AvgIpc) is 3.35. The Balaban J connectivity index is 0.000000840. The first kappa shape index (κ1) is 28.8. The Labute approximate surface area is 229 Å². The van der Waals surface area contributed by atoms with Gasteiger partial charge in [-0.25, -0.2) is 27.0 Å². The van der Waals surface area contributed by atoms with Crippen molar-refractivity contribution in [3.05, 3.63) is 68.7 Å². The summed E-state index contributed by atoms with van der Waals surface area (Å²) in [5, 5.41) is 3.21. The fourth-order valence-corrected chi connectivity index (χ4v) is 5.71. The Morgan fingerprint density at radius 1 is 1.25 bits per heavy atom. The predicted molar refractivity (Wildman–Crippen MR) is 146 cm³/mol. The van der Waals surface area contributed by atoms with Crippen LogP contribution in [0, 0.1) is 11.6 Å². The third-order valence-electron chi connectivity index (χ3n) is 5.42. The molecule has 1 aromatic heterocycles. The van der Waals surface area contributed by atoms with Gasteiger partial charge in [0.05, 0.1) is 20.4 Å². The summed E-state index contributed by atoms with van der Waals surface area (Å²) in [5.41, 5.74) is 1.01. The molecule has 1 aliphatic heterocycles. The second kappa shape index (κ2) is 13.2. The molecule has 3 unspecified atom stereocenters. The monoisotopic (exact) mass is 618 g/mol. The minimum atomic E-state index is -1.64. The summed E-state index contributed by atoms with van der Waals surface area (Å²) < 4.78 is 44.6. The van der Waals surface area contributed by atoms with E-state index in [1.807, 2.05) is 0 Å². The second-order valence-electron chi connectivity index (χ2n) is 8.03. The Morgan fingerprint density at radius 3 is 2.61 bits per heavy atom. The molecule has 1 aliphatic rings. The molecule has 1 saturated heterocycles. The molecule has 0 aliphatic carbocycles. The molecule has 194 valence electrons. The van der Waals surface area contributed by atoms with Gasteiger partial charge in [-0.1, -0.05) is 44.4 Å². The molecular weight excluding hydrogens is 594 g/mol. The number of anilines is 1. The maximum atomic E-state index is 13.9. The number of nitrogens with one attached hydrogen (secondary N) is 2. The largest absolute Gasteiger partial charge is 0.325 e. The molecule has 0 saturated carbocycles. The van der Waals surface area contributed by atoms with Crippen LogP contribution < -0.4 is 10.0 Å². The topological polar surface area (TPSA) is 74.3 Å². The van der Waals surface area contributed by atoms with Crippen molar-refractivity contribution >= 4 is 61.6 Å². The van der Waals surface area contributed by atoms with Crippen LogP contribution in [0.15, 0.2) is 47.1 Å². The summed E-state index contributed by atoms with van der Waals surface area (Å²) >= 11 is 8.61. The van der Waals surface area contributed by atoms with Crippen molar-refractivity contribution in [2.24, 2.45) is 0 Å². The van der Waals surface area contributed by atoms with Gasteiger partial charge in [0, 0.05) is 18.9 Å². The Bertz CT molecular complexity index is 1240. The van der Waals surface area contributed by atoms with Crippen LogP contribution in [0.1, 0.15) is 44.2 Å². The highest BCUT2D eigenvalue weighted by Gasteiger charge is 2.37. The van der Waals surface area contributed by atoms with E-state index in [-0.39, 0.29) is 10.8 Å². The number of aromatic nitrogens is 1. The van der Waals surface area contributed by atoms with Crippen LogP contribution in [-0.2, 0) is 16.0 Å². The van der Waals surface area contributed by atoms with Crippen LogP contribution >= 0.6 is 38.9 Å². The fourth-order valence-electron chi connectivity index (χ4n) is 3.19. The molecule has 2 N–H and O–H groups in total. The maximum Gasteiger partial charge on any atom is 0.242 e. The molecule has 0 spiro atoms. The molecule has 12 heteroatoms. The standard InChI is InChI=1S/C20H16BrClF2N4O2S2.C4H10/c1-28-17(19(29)26-11-3-5-14(23)13(22)7-11)8-16(27-32(28)30)20-25-9-18(31-20)10-2-4-12(21)15(24)6-10;1-3-4-2/h2-7,9,16-17,27H,8H2,1H3,(H,26,29);3-4H2,1-2H3. The molecule has 2 heterocycles. The van der Waals surface area contributed by atoms with E-state index < -0.39 is 35.0 Å².